The highest BCUT2D eigenvalue weighted by atomic mass is 32.1. The number of hydrogen-bond acceptors (Lipinski definition) is 3. The molecular formula is C10H10N2O2S. The predicted molar refractivity (Wildman–Crippen MR) is 58.2 cm³/mol. The zero-order valence-corrected chi connectivity index (χ0v) is 9.21. The van der Waals surface area contributed by atoms with E-state index in [1.54, 1.807) is 0 Å². The van der Waals surface area contributed by atoms with Gasteiger partial charge in [-0.3, -0.25) is 0 Å². The molecule has 5 heteroatoms. The Morgan fingerprint density at radius 3 is 2.87 bits per heavy atom. The molecule has 0 fully saturated rings. The first-order valence-electron chi connectivity index (χ1n) is 4.42. The Morgan fingerprint density at radius 1 is 1.60 bits per heavy atom. The van der Waals surface area contributed by atoms with Crippen molar-refractivity contribution in [2.24, 2.45) is 7.05 Å². The second kappa shape index (κ2) is 3.51. The summed E-state index contributed by atoms with van der Waals surface area (Å²) in [4.78, 5) is 15.7. The Bertz CT molecular complexity index is 513. The molecule has 0 amide bonds. The van der Waals surface area contributed by atoms with Crippen molar-refractivity contribution in [1.82, 2.24) is 9.55 Å². The van der Waals surface area contributed by atoms with Gasteiger partial charge in [0.1, 0.15) is 0 Å². The van der Waals surface area contributed by atoms with Crippen molar-refractivity contribution in [3.63, 3.8) is 0 Å². The molecule has 0 atom stereocenters. The molecular weight excluding hydrogens is 212 g/mol. The topological polar surface area (TPSA) is 55.1 Å². The van der Waals surface area contributed by atoms with Gasteiger partial charge in [0, 0.05) is 13.2 Å². The molecule has 0 saturated heterocycles. The lowest BCUT2D eigenvalue weighted by Gasteiger charge is -2.00. The molecule has 0 aromatic carbocycles. The van der Waals surface area contributed by atoms with E-state index in [0.29, 0.717) is 4.88 Å². The molecule has 2 aromatic heterocycles. The molecule has 2 rings (SSSR count). The SMILES string of the molecule is Cc1nc(C(=O)O)c(-c2cccn2C)s1. The molecule has 2 heterocycles. The van der Waals surface area contributed by atoms with Gasteiger partial charge in [0.05, 0.1) is 15.6 Å². The third-order valence-corrected chi connectivity index (χ3v) is 3.11. The van der Waals surface area contributed by atoms with Crippen LogP contribution < -0.4 is 0 Å². The number of aryl methyl sites for hydroxylation is 2. The van der Waals surface area contributed by atoms with E-state index in [1.807, 2.05) is 36.9 Å². The molecule has 0 radical (unpaired) electrons. The second-order valence-electron chi connectivity index (χ2n) is 3.22. The van der Waals surface area contributed by atoms with Crippen LogP contribution in [-0.2, 0) is 7.05 Å². The fourth-order valence-corrected chi connectivity index (χ4v) is 2.42. The van der Waals surface area contributed by atoms with Crippen LogP contribution in [0.4, 0.5) is 0 Å². The average Bonchev–Trinajstić information content (AvgIpc) is 2.71. The van der Waals surface area contributed by atoms with E-state index in [0.717, 1.165) is 10.7 Å². The average molecular weight is 222 g/mol. The van der Waals surface area contributed by atoms with E-state index in [2.05, 4.69) is 4.98 Å². The highest BCUT2D eigenvalue weighted by molar-refractivity contribution is 7.15. The minimum absolute atomic E-state index is 0.138. The molecule has 0 aliphatic rings. The summed E-state index contributed by atoms with van der Waals surface area (Å²) in [6, 6.07) is 3.77. The van der Waals surface area contributed by atoms with Crippen molar-refractivity contribution < 1.29 is 9.90 Å². The van der Waals surface area contributed by atoms with Crippen LogP contribution in [0.25, 0.3) is 10.6 Å². The minimum atomic E-state index is -0.976. The van der Waals surface area contributed by atoms with Gasteiger partial charge in [0.25, 0.3) is 0 Å². The van der Waals surface area contributed by atoms with E-state index in [1.165, 1.54) is 11.3 Å². The highest BCUT2D eigenvalue weighted by Gasteiger charge is 2.18. The second-order valence-corrected chi connectivity index (χ2v) is 4.42. The fourth-order valence-electron chi connectivity index (χ4n) is 1.44. The van der Waals surface area contributed by atoms with Gasteiger partial charge >= 0.3 is 5.97 Å². The van der Waals surface area contributed by atoms with Crippen LogP contribution in [0.2, 0.25) is 0 Å². The summed E-state index contributed by atoms with van der Waals surface area (Å²) in [5.41, 5.74) is 1.03. The molecule has 2 aromatic rings. The lowest BCUT2D eigenvalue weighted by Crippen LogP contribution is -2.00. The Morgan fingerprint density at radius 2 is 2.33 bits per heavy atom. The smallest absolute Gasteiger partial charge is 0.356 e. The summed E-state index contributed by atoms with van der Waals surface area (Å²) in [6.07, 6.45) is 1.88. The van der Waals surface area contributed by atoms with Crippen LogP contribution in [-0.4, -0.2) is 20.6 Å². The third-order valence-electron chi connectivity index (χ3n) is 2.11. The maximum Gasteiger partial charge on any atom is 0.356 e. The van der Waals surface area contributed by atoms with E-state index in [4.69, 9.17) is 5.11 Å². The number of hydrogen-bond donors (Lipinski definition) is 1. The third kappa shape index (κ3) is 1.66. The lowest BCUT2D eigenvalue weighted by molar-refractivity contribution is 0.0692. The first-order valence-corrected chi connectivity index (χ1v) is 5.23. The Balaban J connectivity index is 2.62. The van der Waals surface area contributed by atoms with Crippen LogP contribution >= 0.6 is 11.3 Å². The summed E-state index contributed by atoms with van der Waals surface area (Å²) in [5, 5.41) is 9.77. The molecule has 0 aliphatic heterocycles. The first kappa shape index (κ1) is 9.92. The minimum Gasteiger partial charge on any atom is -0.476 e. The van der Waals surface area contributed by atoms with Crippen LogP contribution in [0.5, 0.6) is 0 Å². The van der Waals surface area contributed by atoms with Crippen LogP contribution in [0, 0.1) is 6.92 Å². The number of aromatic carboxylic acids is 1. The number of carboxylic acids is 1. The summed E-state index contributed by atoms with van der Waals surface area (Å²) in [5.74, 6) is -0.976. The monoisotopic (exact) mass is 222 g/mol. The highest BCUT2D eigenvalue weighted by Crippen LogP contribution is 2.29. The number of nitrogens with zero attached hydrogens (tertiary/aromatic N) is 2. The van der Waals surface area contributed by atoms with Gasteiger partial charge in [-0.2, -0.15) is 0 Å². The molecule has 78 valence electrons. The van der Waals surface area contributed by atoms with E-state index >= 15 is 0 Å². The molecule has 0 saturated carbocycles. The molecule has 4 nitrogen and oxygen atoms in total. The van der Waals surface area contributed by atoms with Gasteiger partial charge in [-0.05, 0) is 19.1 Å². The molecule has 0 aliphatic carbocycles. The molecule has 15 heavy (non-hydrogen) atoms. The van der Waals surface area contributed by atoms with Gasteiger partial charge in [0.2, 0.25) is 0 Å². The maximum absolute atomic E-state index is 11.0. The summed E-state index contributed by atoms with van der Waals surface area (Å²) in [7, 11) is 1.88. The van der Waals surface area contributed by atoms with Crippen molar-refractivity contribution in [3.8, 4) is 10.6 Å². The van der Waals surface area contributed by atoms with E-state index < -0.39 is 5.97 Å². The Labute approximate surface area is 90.8 Å². The van der Waals surface area contributed by atoms with Gasteiger partial charge in [0.15, 0.2) is 5.69 Å². The summed E-state index contributed by atoms with van der Waals surface area (Å²) in [6.45, 7) is 1.81. The van der Waals surface area contributed by atoms with Crippen molar-refractivity contribution >= 4 is 17.3 Å². The molecule has 0 unspecified atom stereocenters. The number of rotatable bonds is 2. The number of carboxylic acid groups (broad SMARTS) is 1. The first-order chi connectivity index (χ1) is 7.09. The van der Waals surface area contributed by atoms with Crippen molar-refractivity contribution in [2.45, 2.75) is 6.92 Å². The number of aromatic nitrogens is 2. The molecule has 1 N–H and O–H groups in total. The standard InChI is InChI=1S/C10H10N2O2S/c1-6-11-8(10(13)14)9(15-6)7-4-3-5-12(7)2/h3-5H,1-2H3,(H,13,14). The largest absolute Gasteiger partial charge is 0.476 e. The zero-order valence-electron chi connectivity index (χ0n) is 8.39. The van der Waals surface area contributed by atoms with Gasteiger partial charge < -0.3 is 9.67 Å². The zero-order chi connectivity index (χ0) is 11.0. The molecule has 0 bridgehead atoms. The van der Waals surface area contributed by atoms with Crippen LogP contribution in [0.1, 0.15) is 15.5 Å². The Kier molecular flexibility index (Phi) is 2.32. The lowest BCUT2D eigenvalue weighted by atomic mass is 10.3. The van der Waals surface area contributed by atoms with Crippen molar-refractivity contribution in [1.29, 1.82) is 0 Å². The van der Waals surface area contributed by atoms with E-state index in [9.17, 15) is 4.79 Å². The quantitative estimate of drug-likeness (QED) is 0.847. The van der Waals surface area contributed by atoms with Crippen LogP contribution in [0.3, 0.4) is 0 Å². The van der Waals surface area contributed by atoms with Gasteiger partial charge in [-0.25, -0.2) is 9.78 Å². The number of carbonyl (C=O) groups is 1. The van der Waals surface area contributed by atoms with Gasteiger partial charge in [-0.1, -0.05) is 0 Å². The van der Waals surface area contributed by atoms with Crippen molar-refractivity contribution in [2.75, 3.05) is 0 Å². The summed E-state index contributed by atoms with van der Waals surface area (Å²) >= 11 is 1.40. The van der Waals surface area contributed by atoms with Crippen molar-refractivity contribution in [3.05, 3.63) is 29.0 Å². The predicted octanol–water partition coefficient (Wildman–Crippen LogP) is 2.16. The summed E-state index contributed by atoms with van der Waals surface area (Å²) < 4.78 is 1.89. The fraction of sp³-hybridized carbons (Fsp3) is 0.200. The number of thiazole rings is 1. The maximum atomic E-state index is 11.0. The van der Waals surface area contributed by atoms with Gasteiger partial charge in [-0.15, -0.1) is 11.3 Å². The Hall–Kier alpha value is -1.62. The molecule has 0 spiro atoms. The van der Waals surface area contributed by atoms with Crippen LogP contribution in [0.15, 0.2) is 18.3 Å². The normalized spacial score (nSPS) is 10.5. The van der Waals surface area contributed by atoms with E-state index in [-0.39, 0.29) is 5.69 Å².